The second kappa shape index (κ2) is 10.5. The largest absolute Gasteiger partial charge is 0.494 e. The zero-order valence-corrected chi connectivity index (χ0v) is 19.8. The van der Waals surface area contributed by atoms with Crippen LogP contribution in [-0.2, 0) is 12.6 Å². The number of piperidine rings is 1. The van der Waals surface area contributed by atoms with Crippen LogP contribution in [0.15, 0.2) is 29.4 Å². The van der Waals surface area contributed by atoms with Gasteiger partial charge in [0.15, 0.2) is 5.82 Å². The number of halogens is 3. The van der Waals surface area contributed by atoms with Gasteiger partial charge in [-0.15, -0.1) is 10.2 Å². The lowest BCUT2D eigenvalue weighted by Crippen LogP contribution is -2.43. The fourth-order valence-electron chi connectivity index (χ4n) is 5.08. The lowest BCUT2D eigenvalue weighted by Gasteiger charge is -2.35. The summed E-state index contributed by atoms with van der Waals surface area (Å²) in [5, 5.41) is 14.6. The second-order valence-corrected chi connectivity index (χ2v) is 9.39. The molecule has 0 bridgehead atoms. The molecular weight excluding hydrogens is 459 g/mol. The number of nitrogens with one attached hydrogen (secondary N) is 1. The highest BCUT2D eigenvalue weighted by Gasteiger charge is 2.40. The third-order valence-electron chi connectivity index (χ3n) is 7.05. The number of likely N-dealkylation sites (tertiary alicyclic amines) is 1. The molecule has 11 heteroatoms. The monoisotopic (exact) mass is 491 g/mol. The van der Waals surface area contributed by atoms with Crippen LogP contribution in [0.1, 0.15) is 48.8 Å². The van der Waals surface area contributed by atoms with E-state index in [0.29, 0.717) is 31.2 Å². The number of ether oxygens (including phenoxy) is 1. The number of piperazine rings is 1. The average Bonchev–Trinajstić information content (AvgIpc) is 3.32. The van der Waals surface area contributed by atoms with Gasteiger partial charge in [0.25, 0.3) is 5.82 Å². The van der Waals surface area contributed by atoms with Gasteiger partial charge in [0, 0.05) is 58.7 Å². The quantitative estimate of drug-likeness (QED) is 0.627. The van der Waals surface area contributed by atoms with E-state index in [4.69, 9.17) is 4.74 Å². The zero-order valence-electron chi connectivity index (χ0n) is 19.8. The minimum absolute atomic E-state index is 0.266. The molecule has 0 saturated carbocycles. The molecule has 1 aromatic carbocycles. The average molecular weight is 492 g/mol. The van der Waals surface area contributed by atoms with Gasteiger partial charge in [0.2, 0.25) is 0 Å². The molecule has 0 radical (unpaired) electrons. The predicted molar refractivity (Wildman–Crippen MR) is 126 cm³/mol. The van der Waals surface area contributed by atoms with Crippen molar-refractivity contribution in [2.75, 3.05) is 52.4 Å². The molecule has 1 aromatic heterocycles. The normalized spacial score (nSPS) is 20.0. The summed E-state index contributed by atoms with van der Waals surface area (Å²) in [6, 6.07) is 8.38. The third kappa shape index (κ3) is 5.78. The molecule has 3 aliphatic heterocycles. The molecule has 2 saturated heterocycles. The van der Waals surface area contributed by atoms with Gasteiger partial charge < -0.3 is 19.9 Å². The molecule has 190 valence electrons. The fourth-order valence-corrected chi connectivity index (χ4v) is 5.08. The van der Waals surface area contributed by atoms with E-state index in [1.165, 1.54) is 5.56 Å². The summed E-state index contributed by atoms with van der Waals surface area (Å²) in [5.41, 5.74) is 1.28. The van der Waals surface area contributed by atoms with E-state index in [1.807, 2.05) is 12.1 Å². The first-order chi connectivity index (χ1) is 17.0. The Labute approximate surface area is 203 Å². The summed E-state index contributed by atoms with van der Waals surface area (Å²) in [5.74, 6) is 1.22. The van der Waals surface area contributed by atoms with Crippen molar-refractivity contribution < 1.29 is 17.9 Å². The molecule has 0 unspecified atom stereocenters. The number of aryl methyl sites for hydroxylation is 1. The van der Waals surface area contributed by atoms with Gasteiger partial charge in [-0.3, -0.25) is 0 Å². The second-order valence-electron chi connectivity index (χ2n) is 9.39. The van der Waals surface area contributed by atoms with Crippen molar-refractivity contribution in [3.05, 3.63) is 41.5 Å². The zero-order chi connectivity index (χ0) is 24.3. The number of nitrogens with zero attached hydrogens (tertiary/aromatic N) is 6. The Bertz CT molecular complexity index is 1010. The van der Waals surface area contributed by atoms with Crippen LogP contribution in [0.2, 0.25) is 0 Å². The number of benzene rings is 1. The molecule has 0 amide bonds. The Balaban J connectivity index is 1.10. The number of hydrogen-bond donors (Lipinski definition) is 1. The Morgan fingerprint density at radius 3 is 2.43 bits per heavy atom. The van der Waals surface area contributed by atoms with E-state index >= 15 is 0 Å². The van der Waals surface area contributed by atoms with Crippen molar-refractivity contribution in [1.82, 2.24) is 30.0 Å². The highest BCUT2D eigenvalue weighted by molar-refractivity contribution is 5.83. The number of alkyl halides is 3. The Hall–Kier alpha value is -2.66. The summed E-state index contributed by atoms with van der Waals surface area (Å²) in [4.78, 5) is 4.57. The fraction of sp³-hybridized carbons (Fsp3) is 0.625. The van der Waals surface area contributed by atoms with E-state index in [-0.39, 0.29) is 5.82 Å². The maximum absolute atomic E-state index is 13.2. The molecule has 2 fully saturated rings. The smallest absolute Gasteiger partial charge is 0.453 e. The first kappa shape index (κ1) is 24.1. The molecule has 0 aliphatic carbocycles. The van der Waals surface area contributed by atoms with Gasteiger partial charge in [-0.05, 0) is 42.9 Å². The van der Waals surface area contributed by atoms with E-state index in [1.54, 1.807) is 0 Å². The SMILES string of the molecule is FC(F)(F)c1nnc2n1N=C(N1CCC(c3ccc(OCCCN4CCNCC4)cc3)CC1)CC2. The van der Waals surface area contributed by atoms with Crippen molar-refractivity contribution in [3.8, 4) is 5.75 Å². The molecule has 1 N–H and O–H groups in total. The van der Waals surface area contributed by atoms with Crippen molar-refractivity contribution in [3.63, 3.8) is 0 Å². The van der Waals surface area contributed by atoms with Crippen LogP contribution in [0.25, 0.3) is 0 Å². The third-order valence-corrected chi connectivity index (χ3v) is 7.05. The number of rotatable bonds is 6. The van der Waals surface area contributed by atoms with Crippen LogP contribution < -0.4 is 10.1 Å². The molecule has 0 spiro atoms. The summed E-state index contributed by atoms with van der Waals surface area (Å²) in [6.07, 6.45) is -0.674. The highest BCUT2D eigenvalue weighted by atomic mass is 19.4. The molecule has 2 aromatic rings. The van der Waals surface area contributed by atoms with E-state index in [0.717, 1.165) is 75.5 Å². The summed E-state index contributed by atoms with van der Waals surface area (Å²) in [6.45, 7) is 7.68. The maximum atomic E-state index is 13.2. The van der Waals surface area contributed by atoms with Crippen LogP contribution in [0.4, 0.5) is 13.2 Å². The molecule has 3 aliphatic rings. The lowest BCUT2D eigenvalue weighted by atomic mass is 9.89. The van der Waals surface area contributed by atoms with E-state index in [2.05, 4.69) is 42.5 Å². The van der Waals surface area contributed by atoms with Crippen LogP contribution >= 0.6 is 0 Å². The number of hydrogen-bond acceptors (Lipinski definition) is 7. The number of amidine groups is 1. The number of aromatic nitrogens is 3. The van der Waals surface area contributed by atoms with E-state index < -0.39 is 12.0 Å². The van der Waals surface area contributed by atoms with Crippen LogP contribution in [0.3, 0.4) is 0 Å². The van der Waals surface area contributed by atoms with Gasteiger partial charge in [0.1, 0.15) is 11.6 Å². The van der Waals surface area contributed by atoms with Gasteiger partial charge in [-0.25, -0.2) is 0 Å². The molecule has 8 nitrogen and oxygen atoms in total. The summed E-state index contributed by atoms with van der Waals surface area (Å²) >= 11 is 0. The first-order valence-electron chi connectivity index (χ1n) is 12.5. The topological polar surface area (TPSA) is 70.8 Å². The first-order valence-corrected chi connectivity index (χ1v) is 12.5. The Morgan fingerprint density at radius 2 is 1.71 bits per heavy atom. The van der Waals surface area contributed by atoms with E-state index in [9.17, 15) is 13.2 Å². The van der Waals surface area contributed by atoms with Crippen molar-refractivity contribution >= 4 is 5.84 Å². The molecule has 35 heavy (non-hydrogen) atoms. The predicted octanol–water partition coefficient (Wildman–Crippen LogP) is 2.96. The maximum Gasteiger partial charge on any atom is 0.453 e. The minimum Gasteiger partial charge on any atom is -0.494 e. The summed E-state index contributed by atoms with van der Waals surface area (Å²) < 4.78 is 46.4. The Kier molecular flexibility index (Phi) is 7.24. The number of fused-ring (bicyclic) bond motifs is 1. The highest BCUT2D eigenvalue weighted by Crippen LogP contribution is 2.32. The molecular formula is C24H32F3N7O. The van der Waals surface area contributed by atoms with Gasteiger partial charge in [-0.2, -0.15) is 22.9 Å². The van der Waals surface area contributed by atoms with Crippen molar-refractivity contribution in [1.29, 1.82) is 0 Å². The van der Waals surface area contributed by atoms with Crippen LogP contribution in [-0.4, -0.2) is 82.9 Å². The molecule has 4 heterocycles. The van der Waals surface area contributed by atoms with Gasteiger partial charge in [0.05, 0.1) is 6.61 Å². The van der Waals surface area contributed by atoms with Crippen LogP contribution in [0.5, 0.6) is 5.75 Å². The Morgan fingerprint density at radius 1 is 0.971 bits per heavy atom. The van der Waals surface area contributed by atoms with Crippen molar-refractivity contribution in [2.24, 2.45) is 5.10 Å². The lowest BCUT2D eigenvalue weighted by molar-refractivity contribution is -0.147. The minimum atomic E-state index is -4.56. The van der Waals surface area contributed by atoms with Gasteiger partial charge in [-0.1, -0.05) is 12.1 Å². The van der Waals surface area contributed by atoms with Crippen molar-refractivity contribution in [2.45, 2.75) is 44.2 Å². The standard InChI is InChI=1S/C24H32F3N7O/c25-24(26,27)23-30-29-21-6-7-22(31-34(21)23)33-13-8-19(9-14-33)18-2-4-20(5-3-18)35-17-1-12-32-15-10-28-11-16-32/h2-5,19,28H,1,6-17H2. The molecule has 5 rings (SSSR count). The van der Waals surface area contributed by atoms with Gasteiger partial charge >= 0.3 is 6.18 Å². The van der Waals surface area contributed by atoms with Crippen LogP contribution in [0, 0.1) is 0 Å². The summed E-state index contributed by atoms with van der Waals surface area (Å²) in [7, 11) is 0. The molecule has 0 atom stereocenters.